The van der Waals surface area contributed by atoms with Gasteiger partial charge in [0, 0.05) is 46.6 Å². The second-order valence-electron chi connectivity index (χ2n) is 15.5. The minimum Gasteiger partial charge on any atom is -0.656 e. The molecule has 2 aliphatic heterocycles. The van der Waals surface area contributed by atoms with Gasteiger partial charge in [0.05, 0.1) is 6.92 Å². The largest absolute Gasteiger partial charge is 2.00 e. The Bertz CT molecular complexity index is 2800. The van der Waals surface area contributed by atoms with Crippen molar-refractivity contribution < 1.29 is 9.97 Å². The predicted octanol–water partition coefficient (Wildman–Crippen LogP) is 11.0. The number of aromatic nitrogens is 4. The summed E-state index contributed by atoms with van der Waals surface area (Å²) >= 11 is 0. The van der Waals surface area contributed by atoms with E-state index in [2.05, 4.69) is 196 Å². The van der Waals surface area contributed by atoms with Crippen LogP contribution >= 0.6 is 0 Å². The van der Waals surface area contributed by atoms with Crippen LogP contribution in [0.15, 0.2) is 127 Å². The van der Waals surface area contributed by atoms with Crippen molar-refractivity contribution >= 4 is 69.4 Å². The molecule has 0 saturated heterocycles. The molecule has 0 unspecified atom stereocenters. The van der Waals surface area contributed by atoms with Gasteiger partial charge in [0.2, 0.25) is 22.8 Å². The first-order chi connectivity index (χ1) is 26.7. The molecule has 0 spiro atoms. The van der Waals surface area contributed by atoms with Gasteiger partial charge in [-0.05, 0) is 45.7 Å². The van der Waals surface area contributed by atoms with Crippen molar-refractivity contribution in [2.45, 2.75) is 39.5 Å². The number of benzene rings is 4. The average molecular weight is 736 g/mol. The Balaban J connectivity index is 0.00000441. The van der Waals surface area contributed by atoms with Crippen LogP contribution in [0.2, 0.25) is 0 Å². The van der Waals surface area contributed by atoms with Crippen LogP contribution in [0.4, 0.5) is 0 Å². The van der Waals surface area contributed by atoms with Crippen LogP contribution in [-0.2, 0) is 11.8 Å². The van der Waals surface area contributed by atoms with Crippen LogP contribution in [-0.4, -0.2) is 23.1 Å². The standard InChI is InChI=1S/C51H41N4.Mg/c1-6-33-14-18-36(19-15-33)49-43-27-25-40(53-43)47(34-10-8-7-9-11-34)39-24-26-41(52-39)48(35-16-12-32(2)13-17-35)42-28-30-45(54-42)50(46-31-29-44(49)55-46)37-20-22-38(23-21-37)51(3,4)5;/h7-31H,1,6H2,2-5H3;/q-1;+2/p+2. The number of nitrogens with zero attached hydrogens (tertiary/aromatic N) is 2. The molecule has 4 aromatic carbocycles. The molecule has 0 amide bonds. The number of hydrogen-bond donors (Lipinski definition) is 0. The minimum absolute atomic E-state index is 0. The summed E-state index contributed by atoms with van der Waals surface area (Å²) in [4.78, 5) is 18.6. The van der Waals surface area contributed by atoms with Gasteiger partial charge < -0.3 is 9.97 Å². The number of hydrogen-bond acceptors (Lipinski definition) is 0. The van der Waals surface area contributed by atoms with E-state index in [0.29, 0.717) is 0 Å². The van der Waals surface area contributed by atoms with Gasteiger partial charge in [-0.25, -0.2) is 9.97 Å². The van der Waals surface area contributed by atoms with E-state index < -0.39 is 0 Å². The van der Waals surface area contributed by atoms with E-state index in [1.807, 2.05) is 0 Å². The molecule has 266 valence electrons. The molecule has 5 heterocycles. The number of aryl methyl sites for hydroxylation is 1. The first-order valence-corrected chi connectivity index (χ1v) is 19.0. The number of H-pyrrole nitrogens is 2. The van der Waals surface area contributed by atoms with E-state index in [9.17, 15) is 0 Å². The Morgan fingerprint density at radius 1 is 0.464 bits per heavy atom. The van der Waals surface area contributed by atoms with Crippen molar-refractivity contribution in [1.29, 1.82) is 0 Å². The first kappa shape index (κ1) is 37.1. The van der Waals surface area contributed by atoms with Crippen LogP contribution in [0, 0.1) is 13.8 Å². The molecule has 0 radical (unpaired) electrons. The molecule has 0 aliphatic carbocycles. The van der Waals surface area contributed by atoms with E-state index in [1.165, 1.54) is 16.7 Å². The molecule has 4 nitrogen and oxygen atoms in total. The fourth-order valence-electron chi connectivity index (χ4n) is 7.72. The van der Waals surface area contributed by atoms with E-state index in [0.717, 1.165) is 95.8 Å². The summed E-state index contributed by atoms with van der Waals surface area (Å²) in [5, 5.41) is 0. The third-order valence-electron chi connectivity index (χ3n) is 10.7. The topological polar surface area (TPSA) is 56.5 Å². The van der Waals surface area contributed by atoms with Crippen LogP contribution in [0.25, 0.3) is 90.9 Å². The third kappa shape index (κ3) is 6.93. The van der Waals surface area contributed by atoms with E-state index >= 15 is 0 Å². The van der Waals surface area contributed by atoms with Crippen molar-refractivity contribution in [2.24, 2.45) is 0 Å². The molecule has 8 bridgehead atoms. The maximum atomic E-state index is 5.46. The fourth-order valence-corrected chi connectivity index (χ4v) is 7.72. The maximum absolute atomic E-state index is 5.46. The van der Waals surface area contributed by atoms with Gasteiger partial charge in [-0.3, -0.25) is 0 Å². The third-order valence-corrected chi connectivity index (χ3v) is 10.7. The maximum Gasteiger partial charge on any atom is 2.00 e. The molecule has 2 aliphatic rings. The second kappa shape index (κ2) is 15.0. The van der Waals surface area contributed by atoms with Crippen molar-refractivity contribution in [3.63, 3.8) is 0 Å². The number of nitrogens with one attached hydrogen (secondary N) is 2. The molecule has 2 N–H and O–H groups in total. The Morgan fingerprint density at radius 3 is 1.20 bits per heavy atom. The molecule has 0 atom stereocenters. The van der Waals surface area contributed by atoms with Crippen LogP contribution < -0.4 is 19.9 Å². The van der Waals surface area contributed by atoms with Gasteiger partial charge in [-0.2, -0.15) is 0 Å². The van der Waals surface area contributed by atoms with Crippen LogP contribution in [0.3, 0.4) is 0 Å². The van der Waals surface area contributed by atoms with Crippen molar-refractivity contribution in [1.82, 2.24) is 9.97 Å². The Kier molecular flexibility index (Phi) is 9.92. The number of rotatable bonds is 5. The monoisotopic (exact) mass is 735 g/mol. The van der Waals surface area contributed by atoms with E-state index in [-0.39, 0.29) is 28.5 Å². The SMILES string of the molecule is [CH2+]Cc1ccc(-c2c3[nH+]c(c(-c4ccccc4)c4ccc([n-]4)c(-c4ccc(C)cc4)c4[nH+]c(c(-c5ccc(C(C)(C)C)cc5)c5ccc2[n-]5)C=C4)C=C3)cc1.[Mg+2]. The van der Waals surface area contributed by atoms with Gasteiger partial charge in [0.1, 0.15) is 6.42 Å². The summed E-state index contributed by atoms with van der Waals surface area (Å²) < 4.78 is 0. The van der Waals surface area contributed by atoms with Crippen LogP contribution in [0.5, 0.6) is 0 Å². The van der Waals surface area contributed by atoms with Gasteiger partial charge >= 0.3 is 23.1 Å². The van der Waals surface area contributed by atoms with Crippen molar-refractivity contribution in [2.75, 3.05) is 0 Å². The van der Waals surface area contributed by atoms with Gasteiger partial charge in [-0.1, -0.05) is 154 Å². The Hall–Kier alpha value is -5.88. The second-order valence-corrected chi connectivity index (χ2v) is 15.5. The summed E-state index contributed by atoms with van der Waals surface area (Å²) in [7, 11) is 0. The van der Waals surface area contributed by atoms with E-state index in [4.69, 9.17) is 9.97 Å². The Labute approximate surface area is 345 Å². The molecule has 5 heteroatoms. The normalized spacial score (nSPS) is 12.1. The van der Waals surface area contributed by atoms with Crippen LogP contribution in [0.1, 0.15) is 60.2 Å². The predicted molar refractivity (Wildman–Crippen MR) is 234 cm³/mol. The summed E-state index contributed by atoms with van der Waals surface area (Å²) in [6.45, 7) is 13.0. The zero-order valence-electron chi connectivity index (χ0n) is 32.4. The zero-order chi connectivity index (χ0) is 37.7. The summed E-state index contributed by atoms with van der Waals surface area (Å²) in [6, 6.07) is 45.5. The summed E-state index contributed by atoms with van der Waals surface area (Å²) in [6.07, 6.45) is 9.46. The summed E-state index contributed by atoms with van der Waals surface area (Å²) in [5.41, 5.74) is 19.8. The average Bonchev–Trinajstić information content (AvgIpc) is 4.04. The number of aromatic amines is 2. The minimum atomic E-state index is 0. The summed E-state index contributed by atoms with van der Waals surface area (Å²) in [5.74, 6) is 0. The molecular weight excluding hydrogens is 693 g/mol. The van der Waals surface area contributed by atoms with Crippen molar-refractivity contribution in [3.8, 4) is 44.5 Å². The van der Waals surface area contributed by atoms with Gasteiger partial charge in [0.25, 0.3) is 0 Å². The number of fused-ring (bicyclic) bond motifs is 8. The Morgan fingerprint density at radius 2 is 0.821 bits per heavy atom. The zero-order valence-corrected chi connectivity index (χ0v) is 33.9. The smallest absolute Gasteiger partial charge is 0.656 e. The van der Waals surface area contributed by atoms with Crippen molar-refractivity contribution in [3.05, 3.63) is 174 Å². The molecule has 56 heavy (non-hydrogen) atoms. The van der Waals surface area contributed by atoms with Gasteiger partial charge in [-0.15, -0.1) is 22.1 Å². The first-order valence-electron chi connectivity index (χ1n) is 19.0. The molecule has 0 fully saturated rings. The van der Waals surface area contributed by atoms with Gasteiger partial charge in [0.15, 0.2) is 0 Å². The molecule has 0 saturated carbocycles. The quantitative estimate of drug-likeness (QED) is 0.131. The molecule has 9 rings (SSSR count). The molecule has 3 aromatic heterocycles. The fraction of sp³-hybridized carbons (Fsp3) is 0.118. The molecular formula is C51H43MgN4+3. The molecule has 7 aromatic rings. The van der Waals surface area contributed by atoms with E-state index in [1.54, 1.807) is 0 Å².